The Kier molecular flexibility index (Phi) is 4.87. The zero-order valence-electron chi connectivity index (χ0n) is 14.0. The molecule has 1 N–H and O–H groups in total. The van der Waals surface area contributed by atoms with Crippen LogP contribution in [0.3, 0.4) is 0 Å². The summed E-state index contributed by atoms with van der Waals surface area (Å²) in [6, 6.07) is 8.96. The second-order valence-electron chi connectivity index (χ2n) is 6.54. The molecule has 2 fully saturated rings. The van der Waals surface area contributed by atoms with E-state index in [1.807, 2.05) is 30.3 Å². The van der Waals surface area contributed by atoms with Crippen LogP contribution in [0.15, 0.2) is 30.3 Å². The molecule has 0 saturated carbocycles. The Balaban J connectivity index is 1.75. The van der Waals surface area contributed by atoms with Gasteiger partial charge in [-0.3, -0.25) is 9.59 Å². The molecule has 1 unspecified atom stereocenters. The molecule has 1 aromatic rings. The first kappa shape index (κ1) is 16.9. The van der Waals surface area contributed by atoms with Crippen molar-refractivity contribution in [1.29, 1.82) is 0 Å². The third-order valence-electron chi connectivity index (χ3n) is 4.98. The van der Waals surface area contributed by atoms with Crippen LogP contribution in [0.25, 0.3) is 0 Å². The number of para-hydroxylation sites is 1. The van der Waals surface area contributed by atoms with Crippen molar-refractivity contribution in [1.82, 2.24) is 4.90 Å². The highest BCUT2D eigenvalue weighted by atomic mass is 16.5. The van der Waals surface area contributed by atoms with Crippen LogP contribution in [0, 0.1) is 0 Å². The lowest BCUT2D eigenvalue weighted by molar-refractivity contribution is -0.163. The highest BCUT2D eigenvalue weighted by Gasteiger charge is 2.44. The lowest BCUT2D eigenvalue weighted by Crippen LogP contribution is -2.59. The maximum absolute atomic E-state index is 12.9. The van der Waals surface area contributed by atoms with E-state index < -0.39 is 11.6 Å². The van der Waals surface area contributed by atoms with E-state index in [-0.39, 0.29) is 24.7 Å². The first-order valence-electron chi connectivity index (χ1n) is 8.47. The van der Waals surface area contributed by atoms with Crippen molar-refractivity contribution in [3.05, 3.63) is 30.3 Å². The molecule has 6 nitrogen and oxygen atoms in total. The minimum absolute atomic E-state index is 0.0843. The van der Waals surface area contributed by atoms with Crippen molar-refractivity contribution >= 4 is 17.5 Å². The van der Waals surface area contributed by atoms with Crippen molar-refractivity contribution < 1.29 is 19.4 Å². The van der Waals surface area contributed by atoms with Crippen LogP contribution >= 0.6 is 0 Å². The molecule has 0 radical (unpaired) electrons. The van der Waals surface area contributed by atoms with Gasteiger partial charge in [-0.05, 0) is 25.0 Å². The number of ether oxygens (including phenoxy) is 1. The maximum atomic E-state index is 12.9. The first-order chi connectivity index (χ1) is 11.5. The molecule has 1 aromatic carbocycles. The van der Waals surface area contributed by atoms with Crippen molar-refractivity contribution in [3.8, 4) is 0 Å². The van der Waals surface area contributed by atoms with Crippen molar-refractivity contribution in [2.75, 3.05) is 31.7 Å². The van der Waals surface area contributed by atoms with Crippen LogP contribution in [-0.4, -0.2) is 60.3 Å². The lowest BCUT2D eigenvalue weighted by Gasteiger charge is -2.40. The number of amides is 2. The van der Waals surface area contributed by atoms with E-state index in [2.05, 4.69) is 0 Å². The van der Waals surface area contributed by atoms with Crippen LogP contribution in [0.4, 0.5) is 5.69 Å². The Morgan fingerprint density at radius 1 is 1.29 bits per heavy atom. The largest absolute Gasteiger partial charge is 0.381 e. The van der Waals surface area contributed by atoms with Gasteiger partial charge in [0.2, 0.25) is 5.91 Å². The molecule has 2 aliphatic rings. The summed E-state index contributed by atoms with van der Waals surface area (Å²) in [5.41, 5.74) is -0.569. The SMILES string of the molecule is CN(C(=O)C1(O)CCOCC1)C1CCCN(c2ccccc2)C1=O. The van der Waals surface area contributed by atoms with Gasteiger partial charge in [-0.1, -0.05) is 18.2 Å². The third-order valence-corrected chi connectivity index (χ3v) is 4.98. The molecule has 1 atom stereocenters. The maximum Gasteiger partial charge on any atom is 0.255 e. The number of nitrogens with zero attached hydrogens (tertiary/aromatic N) is 2. The van der Waals surface area contributed by atoms with Gasteiger partial charge >= 0.3 is 0 Å². The number of anilines is 1. The number of rotatable bonds is 3. The number of carbonyl (C=O) groups is 2. The molecule has 2 amide bonds. The van der Waals surface area contributed by atoms with E-state index in [0.29, 0.717) is 26.2 Å². The minimum Gasteiger partial charge on any atom is -0.381 e. The van der Waals surface area contributed by atoms with E-state index in [4.69, 9.17) is 4.74 Å². The van der Waals surface area contributed by atoms with E-state index >= 15 is 0 Å². The molecule has 24 heavy (non-hydrogen) atoms. The Hall–Kier alpha value is -1.92. The van der Waals surface area contributed by atoms with Crippen molar-refractivity contribution in [2.24, 2.45) is 0 Å². The molecule has 6 heteroatoms. The summed E-state index contributed by atoms with van der Waals surface area (Å²) < 4.78 is 5.23. The summed E-state index contributed by atoms with van der Waals surface area (Å²) >= 11 is 0. The number of hydrogen-bond acceptors (Lipinski definition) is 4. The summed E-state index contributed by atoms with van der Waals surface area (Å²) in [7, 11) is 1.62. The number of aliphatic hydroxyl groups is 1. The summed E-state index contributed by atoms with van der Waals surface area (Å²) in [6.07, 6.45) is 2.00. The highest BCUT2D eigenvalue weighted by Crippen LogP contribution is 2.27. The Morgan fingerprint density at radius 3 is 2.62 bits per heavy atom. The molecule has 2 heterocycles. The fraction of sp³-hybridized carbons (Fsp3) is 0.556. The average Bonchev–Trinajstić information content (AvgIpc) is 2.62. The Bertz CT molecular complexity index is 598. The van der Waals surface area contributed by atoms with Crippen molar-refractivity contribution in [2.45, 2.75) is 37.3 Å². The van der Waals surface area contributed by atoms with Gasteiger partial charge in [-0.25, -0.2) is 0 Å². The van der Waals surface area contributed by atoms with Gasteiger partial charge in [-0.2, -0.15) is 0 Å². The Labute approximate surface area is 142 Å². The number of benzene rings is 1. The average molecular weight is 332 g/mol. The number of piperidine rings is 1. The number of hydrogen-bond donors (Lipinski definition) is 1. The Morgan fingerprint density at radius 2 is 1.96 bits per heavy atom. The second kappa shape index (κ2) is 6.91. The number of likely N-dealkylation sites (N-methyl/N-ethyl adjacent to an activating group) is 1. The normalized spacial score (nSPS) is 23.8. The van der Waals surface area contributed by atoms with Gasteiger partial charge in [0.05, 0.1) is 0 Å². The highest BCUT2D eigenvalue weighted by molar-refractivity contribution is 6.00. The molecule has 0 aromatic heterocycles. The van der Waals surface area contributed by atoms with E-state index in [9.17, 15) is 14.7 Å². The van der Waals surface area contributed by atoms with Gasteiger partial charge < -0.3 is 19.6 Å². The quantitative estimate of drug-likeness (QED) is 0.902. The zero-order valence-corrected chi connectivity index (χ0v) is 14.0. The first-order valence-corrected chi connectivity index (χ1v) is 8.47. The van der Waals surface area contributed by atoms with E-state index in [0.717, 1.165) is 12.1 Å². The van der Waals surface area contributed by atoms with Crippen LogP contribution in [0.5, 0.6) is 0 Å². The van der Waals surface area contributed by atoms with Crippen LogP contribution in [0.2, 0.25) is 0 Å². The summed E-state index contributed by atoms with van der Waals surface area (Å²) in [6.45, 7) is 1.38. The lowest BCUT2D eigenvalue weighted by atomic mass is 9.91. The second-order valence-corrected chi connectivity index (χ2v) is 6.54. The number of carbonyl (C=O) groups excluding carboxylic acids is 2. The van der Waals surface area contributed by atoms with Gasteiger partial charge in [0.25, 0.3) is 5.91 Å². The van der Waals surface area contributed by atoms with Gasteiger partial charge in [0, 0.05) is 45.3 Å². The predicted molar refractivity (Wildman–Crippen MR) is 89.6 cm³/mol. The van der Waals surface area contributed by atoms with Crippen LogP contribution in [-0.2, 0) is 14.3 Å². The smallest absolute Gasteiger partial charge is 0.255 e. The molecule has 2 saturated heterocycles. The van der Waals surface area contributed by atoms with Gasteiger partial charge in [-0.15, -0.1) is 0 Å². The molecule has 0 aliphatic carbocycles. The van der Waals surface area contributed by atoms with Gasteiger partial charge in [0.15, 0.2) is 0 Å². The standard InChI is InChI=1S/C18H24N2O4/c1-19(17(22)18(23)9-12-24-13-10-18)15-8-5-11-20(16(15)21)14-6-3-2-4-7-14/h2-4,6-7,15,23H,5,8-13H2,1H3. The molecular weight excluding hydrogens is 308 g/mol. The minimum atomic E-state index is -1.41. The topological polar surface area (TPSA) is 70.1 Å². The third kappa shape index (κ3) is 3.16. The summed E-state index contributed by atoms with van der Waals surface area (Å²) in [5, 5.41) is 10.6. The van der Waals surface area contributed by atoms with Crippen LogP contribution < -0.4 is 4.90 Å². The molecule has 0 bridgehead atoms. The predicted octanol–water partition coefficient (Wildman–Crippen LogP) is 1.18. The van der Waals surface area contributed by atoms with E-state index in [1.165, 1.54) is 4.90 Å². The molecule has 0 spiro atoms. The molecule has 130 valence electrons. The van der Waals surface area contributed by atoms with Crippen LogP contribution in [0.1, 0.15) is 25.7 Å². The molecule has 3 rings (SSSR count). The summed E-state index contributed by atoms with van der Waals surface area (Å²) in [4.78, 5) is 28.8. The molecular formula is C18H24N2O4. The fourth-order valence-corrected chi connectivity index (χ4v) is 3.47. The van der Waals surface area contributed by atoms with E-state index in [1.54, 1.807) is 11.9 Å². The zero-order chi connectivity index (χ0) is 17.2. The summed E-state index contributed by atoms with van der Waals surface area (Å²) in [5.74, 6) is -0.460. The van der Waals surface area contributed by atoms with Gasteiger partial charge in [0.1, 0.15) is 11.6 Å². The molecule has 2 aliphatic heterocycles. The fourth-order valence-electron chi connectivity index (χ4n) is 3.47. The monoisotopic (exact) mass is 332 g/mol. The van der Waals surface area contributed by atoms with Crippen molar-refractivity contribution in [3.63, 3.8) is 0 Å².